The molecule has 0 heterocycles. The minimum Gasteiger partial charge on any atom is -0.254 e. The average Bonchev–Trinajstić information content (AvgIpc) is 2.27. The maximum atomic E-state index is 11.3. The molecule has 1 unspecified atom stereocenters. The maximum absolute atomic E-state index is 11.3. The van der Waals surface area contributed by atoms with Gasteiger partial charge >= 0.3 is 0 Å². The lowest BCUT2D eigenvalue weighted by atomic mass is 10.1. The fourth-order valence-electron chi connectivity index (χ4n) is 1.76. The van der Waals surface area contributed by atoms with E-state index in [-0.39, 0.29) is 0 Å². The molecule has 0 bridgehead atoms. The van der Waals surface area contributed by atoms with Gasteiger partial charge in [-0.15, -0.1) is 5.54 Å². The maximum Gasteiger partial charge on any atom is 0.265 e. The molecule has 0 aromatic rings. The second-order valence-electron chi connectivity index (χ2n) is 6.36. The molecule has 0 aliphatic rings. The molecule has 1 atom stereocenters. The third-order valence-corrected chi connectivity index (χ3v) is 4.20. The second-order valence-corrected chi connectivity index (χ2v) is 12.7. The summed E-state index contributed by atoms with van der Waals surface area (Å²) in [6.45, 7) is 8.62. The molecular weight excluding hydrogens is 288 g/mol. The Morgan fingerprint density at radius 3 is 2.10 bits per heavy atom. The Morgan fingerprint density at radius 2 is 1.60 bits per heavy atom. The molecule has 0 aromatic carbocycles. The van der Waals surface area contributed by atoms with E-state index < -0.39 is 24.3 Å². The molecule has 0 aliphatic heterocycles. The normalized spacial score (nSPS) is 13.7. The van der Waals surface area contributed by atoms with Gasteiger partial charge < -0.3 is 0 Å². The van der Waals surface area contributed by atoms with Crippen molar-refractivity contribution >= 4 is 18.2 Å². The molecule has 0 rings (SSSR count). The summed E-state index contributed by atoms with van der Waals surface area (Å²) in [7, 11) is -4.93. The lowest BCUT2D eigenvalue weighted by Crippen LogP contribution is -2.20. The number of hydrogen-bond acceptors (Lipinski definition) is 3. The first-order valence-electron chi connectivity index (χ1n) is 7.55. The first-order valence-corrected chi connectivity index (χ1v) is 12.9. The quantitative estimate of drug-likeness (QED) is 0.280. The Kier molecular flexibility index (Phi) is 9.44. The SMILES string of the molecule is CCCCCCCCC(C#C[Si](C)(C)C)OS(C)(=O)=O. The van der Waals surface area contributed by atoms with E-state index in [0.29, 0.717) is 6.42 Å². The molecule has 3 nitrogen and oxygen atoms in total. The summed E-state index contributed by atoms with van der Waals surface area (Å²) < 4.78 is 27.6. The van der Waals surface area contributed by atoms with Gasteiger partial charge in [-0.05, 0) is 12.8 Å². The molecule has 0 amide bonds. The smallest absolute Gasteiger partial charge is 0.254 e. The minimum absolute atomic E-state index is 0.470. The van der Waals surface area contributed by atoms with Crippen LogP contribution in [0.15, 0.2) is 0 Å². The number of unbranched alkanes of at least 4 members (excludes halogenated alkanes) is 5. The van der Waals surface area contributed by atoms with Crippen LogP contribution in [0.25, 0.3) is 0 Å². The monoisotopic (exact) mass is 318 g/mol. The summed E-state index contributed by atoms with van der Waals surface area (Å²) in [6, 6.07) is 0. The van der Waals surface area contributed by atoms with Crippen LogP contribution in [0.1, 0.15) is 51.9 Å². The van der Waals surface area contributed by atoms with Gasteiger partial charge in [0.25, 0.3) is 10.1 Å². The van der Waals surface area contributed by atoms with E-state index >= 15 is 0 Å². The van der Waals surface area contributed by atoms with E-state index in [2.05, 4.69) is 38.0 Å². The summed E-state index contributed by atoms with van der Waals surface area (Å²) >= 11 is 0. The highest BCUT2D eigenvalue weighted by Crippen LogP contribution is 2.12. The lowest BCUT2D eigenvalue weighted by Gasteiger charge is -2.12. The second kappa shape index (κ2) is 9.59. The van der Waals surface area contributed by atoms with Crippen LogP contribution >= 0.6 is 0 Å². The van der Waals surface area contributed by atoms with Crippen LogP contribution in [-0.2, 0) is 14.3 Å². The predicted molar refractivity (Wildman–Crippen MR) is 88.8 cm³/mol. The van der Waals surface area contributed by atoms with Crippen molar-refractivity contribution in [2.75, 3.05) is 6.26 Å². The van der Waals surface area contributed by atoms with Gasteiger partial charge in [0.2, 0.25) is 0 Å². The third kappa shape index (κ3) is 14.1. The molecule has 0 spiro atoms. The van der Waals surface area contributed by atoms with Gasteiger partial charge in [0, 0.05) is 0 Å². The Labute approximate surface area is 126 Å². The molecule has 0 saturated carbocycles. The highest BCUT2D eigenvalue weighted by atomic mass is 32.2. The van der Waals surface area contributed by atoms with Crippen LogP contribution in [0.2, 0.25) is 19.6 Å². The lowest BCUT2D eigenvalue weighted by molar-refractivity contribution is 0.251. The van der Waals surface area contributed by atoms with Gasteiger partial charge in [-0.2, -0.15) is 8.42 Å². The summed E-state index contributed by atoms with van der Waals surface area (Å²) in [4.78, 5) is 0. The van der Waals surface area contributed by atoms with Crippen molar-refractivity contribution in [1.82, 2.24) is 0 Å². The van der Waals surface area contributed by atoms with Crippen LogP contribution < -0.4 is 0 Å². The molecule has 0 radical (unpaired) electrons. The Hall–Kier alpha value is -0.313. The van der Waals surface area contributed by atoms with Gasteiger partial charge in [-0.3, -0.25) is 4.18 Å². The van der Waals surface area contributed by atoms with Crippen LogP contribution in [0.3, 0.4) is 0 Å². The zero-order valence-corrected chi connectivity index (χ0v) is 15.5. The summed E-state index contributed by atoms with van der Waals surface area (Å²) in [5.41, 5.74) is 3.21. The van der Waals surface area contributed by atoms with E-state index in [9.17, 15) is 8.42 Å². The Bertz CT molecular complexity index is 413. The largest absolute Gasteiger partial charge is 0.265 e. The van der Waals surface area contributed by atoms with Crippen molar-refractivity contribution in [2.24, 2.45) is 0 Å². The molecule has 0 aliphatic carbocycles. The van der Waals surface area contributed by atoms with Crippen molar-refractivity contribution in [2.45, 2.75) is 77.6 Å². The predicted octanol–water partition coefficient (Wildman–Crippen LogP) is 3.96. The Balaban J connectivity index is 4.29. The summed E-state index contributed by atoms with van der Waals surface area (Å²) in [5.74, 6) is 3.03. The van der Waals surface area contributed by atoms with Crippen LogP contribution in [0.5, 0.6) is 0 Å². The third-order valence-electron chi connectivity index (χ3n) is 2.72. The van der Waals surface area contributed by atoms with Crippen LogP contribution in [0.4, 0.5) is 0 Å². The van der Waals surface area contributed by atoms with Gasteiger partial charge in [-0.1, -0.05) is 64.6 Å². The van der Waals surface area contributed by atoms with E-state index in [1.165, 1.54) is 25.7 Å². The number of rotatable bonds is 9. The minimum atomic E-state index is -3.43. The van der Waals surface area contributed by atoms with E-state index in [0.717, 1.165) is 19.1 Å². The summed E-state index contributed by atoms with van der Waals surface area (Å²) in [5, 5.41) is 0. The topological polar surface area (TPSA) is 43.4 Å². The average molecular weight is 319 g/mol. The molecule has 20 heavy (non-hydrogen) atoms. The van der Waals surface area contributed by atoms with Crippen molar-refractivity contribution in [3.63, 3.8) is 0 Å². The van der Waals surface area contributed by atoms with Gasteiger partial charge in [0.1, 0.15) is 14.2 Å². The fourth-order valence-corrected chi connectivity index (χ4v) is 2.92. The van der Waals surface area contributed by atoms with Crippen molar-refractivity contribution in [3.8, 4) is 11.5 Å². The highest BCUT2D eigenvalue weighted by molar-refractivity contribution is 7.86. The Morgan fingerprint density at radius 1 is 1.05 bits per heavy atom. The molecule has 0 fully saturated rings. The zero-order valence-electron chi connectivity index (χ0n) is 13.7. The fraction of sp³-hybridized carbons (Fsp3) is 0.867. The first-order chi connectivity index (χ1) is 9.14. The van der Waals surface area contributed by atoms with Crippen molar-refractivity contribution in [3.05, 3.63) is 0 Å². The van der Waals surface area contributed by atoms with E-state index in [4.69, 9.17) is 4.18 Å². The molecule has 0 N–H and O–H groups in total. The van der Waals surface area contributed by atoms with Crippen LogP contribution in [0, 0.1) is 11.5 Å². The number of hydrogen-bond donors (Lipinski definition) is 0. The van der Waals surface area contributed by atoms with Gasteiger partial charge in [0.15, 0.2) is 0 Å². The van der Waals surface area contributed by atoms with Crippen molar-refractivity contribution < 1.29 is 12.6 Å². The van der Waals surface area contributed by atoms with E-state index in [1.807, 2.05) is 0 Å². The summed E-state index contributed by atoms with van der Waals surface area (Å²) in [6.07, 6.45) is 8.41. The first kappa shape index (κ1) is 19.7. The zero-order chi connectivity index (χ0) is 15.6. The molecule has 5 heteroatoms. The molecular formula is C15H30O3SSi. The van der Waals surface area contributed by atoms with Gasteiger partial charge in [-0.25, -0.2) is 0 Å². The van der Waals surface area contributed by atoms with Crippen LogP contribution in [-0.4, -0.2) is 28.9 Å². The molecule has 0 saturated heterocycles. The van der Waals surface area contributed by atoms with E-state index in [1.54, 1.807) is 0 Å². The molecule has 0 aromatic heterocycles. The highest BCUT2D eigenvalue weighted by Gasteiger charge is 2.14. The van der Waals surface area contributed by atoms with Crippen molar-refractivity contribution in [1.29, 1.82) is 0 Å². The molecule has 118 valence electrons. The standard InChI is InChI=1S/C15H30O3SSi/c1-6-7-8-9-10-11-12-15(18-19(2,16)17)13-14-20(3,4)5/h15H,6-12H2,1-5H3. The van der Waals surface area contributed by atoms with Gasteiger partial charge in [0.05, 0.1) is 6.26 Å².